The number of phenolic OH excluding ortho intramolecular Hbond substituents is 1. The van der Waals surface area contributed by atoms with Gasteiger partial charge in [0.1, 0.15) is 43.2 Å². The SMILES string of the molecule is COc1cc([C@H](O)[C@@H](O)CO[C@@H]2O[C@H](COC(=O)/C=C/c3ccccc3)[C@@H](O)[C@H](O)[C@H]2O)cc(OC)c1O. The van der Waals surface area contributed by atoms with Crippen LogP contribution < -0.4 is 9.47 Å². The number of aliphatic hydroxyl groups is 5. The van der Waals surface area contributed by atoms with Crippen LogP contribution in [0, 0.1) is 0 Å². The lowest BCUT2D eigenvalue weighted by Gasteiger charge is -2.40. The Hall–Kier alpha value is -3.23. The zero-order valence-corrected chi connectivity index (χ0v) is 20.8. The molecule has 208 valence electrons. The highest BCUT2D eigenvalue weighted by Gasteiger charge is 2.45. The fraction of sp³-hybridized carbons (Fsp3) is 0.423. The highest BCUT2D eigenvalue weighted by molar-refractivity contribution is 5.87. The van der Waals surface area contributed by atoms with Gasteiger partial charge in [0.05, 0.1) is 20.8 Å². The van der Waals surface area contributed by atoms with E-state index in [4.69, 9.17) is 23.7 Å². The molecule has 12 nitrogen and oxygen atoms in total. The van der Waals surface area contributed by atoms with Crippen LogP contribution in [0.2, 0.25) is 0 Å². The minimum Gasteiger partial charge on any atom is -0.502 e. The largest absolute Gasteiger partial charge is 0.502 e. The molecule has 0 saturated carbocycles. The Morgan fingerprint density at radius 2 is 1.63 bits per heavy atom. The third kappa shape index (κ3) is 7.20. The highest BCUT2D eigenvalue weighted by Crippen LogP contribution is 2.39. The number of methoxy groups -OCH3 is 2. The molecule has 0 aromatic heterocycles. The molecule has 0 amide bonds. The molecule has 1 heterocycles. The van der Waals surface area contributed by atoms with E-state index in [0.717, 1.165) is 5.56 Å². The first kappa shape index (κ1) is 29.3. The van der Waals surface area contributed by atoms with Crippen LogP contribution >= 0.6 is 0 Å². The van der Waals surface area contributed by atoms with Gasteiger partial charge in [-0.1, -0.05) is 30.3 Å². The number of ether oxygens (including phenoxy) is 5. The summed E-state index contributed by atoms with van der Waals surface area (Å²) in [6, 6.07) is 11.6. The van der Waals surface area contributed by atoms with Gasteiger partial charge in [-0.25, -0.2) is 4.79 Å². The minimum absolute atomic E-state index is 0.00525. The van der Waals surface area contributed by atoms with Gasteiger partial charge in [-0.2, -0.15) is 0 Å². The molecular weight excluding hydrogens is 504 g/mol. The van der Waals surface area contributed by atoms with Crippen molar-refractivity contribution >= 4 is 12.0 Å². The van der Waals surface area contributed by atoms with Gasteiger partial charge in [0.25, 0.3) is 0 Å². The number of rotatable bonds is 11. The molecule has 0 spiro atoms. The monoisotopic (exact) mass is 536 g/mol. The van der Waals surface area contributed by atoms with Crippen LogP contribution in [-0.4, -0.2) is 101 Å². The van der Waals surface area contributed by atoms with Gasteiger partial charge in [-0.15, -0.1) is 0 Å². The Bertz CT molecular complexity index is 1050. The van der Waals surface area contributed by atoms with Crippen LogP contribution in [0.25, 0.3) is 6.08 Å². The molecule has 12 heteroatoms. The number of carbonyl (C=O) groups excluding carboxylic acids is 1. The molecule has 3 rings (SSSR count). The van der Waals surface area contributed by atoms with Crippen molar-refractivity contribution in [1.29, 1.82) is 0 Å². The van der Waals surface area contributed by atoms with Gasteiger partial charge in [0, 0.05) is 6.08 Å². The number of hydrogen-bond acceptors (Lipinski definition) is 12. The average Bonchev–Trinajstić information content (AvgIpc) is 2.94. The van der Waals surface area contributed by atoms with Crippen LogP contribution in [0.4, 0.5) is 0 Å². The number of aliphatic hydroxyl groups excluding tert-OH is 5. The summed E-state index contributed by atoms with van der Waals surface area (Å²) < 4.78 is 26.0. The molecule has 0 radical (unpaired) electrons. The lowest BCUT2D eigenvalue weighted by Crippen LogP contribution is -2.59. The number of esters is 1. The molecule has 1 fully saturated rings. The van der Waals surface area contributed by atoms with E-state index in [2.05, 4.69) is 0 Å². The van der Waals surface area contributed by atoms with E-state index < -0.39 is 62.1 Å². The molecule has 0 bridgehead atoms. The summed E-state index contributed by atoms with van der Waals surface area (Å²) in [6.07, 6.45) is -8.12. The lowest BCUT2D eigenvalue weighted by atomic mass is 9.99. The molecule has 1 aliphatic heterocycles. The maximum Gasteiger partial charge on any atom is 0.330 e. The first-order chi connectivity index (χ1) is 18.2. The summed E-state index contributed by atoms with van der Waals surface area (Å²) in [4.78, 5) is 12.0. The second kappa shape index (κ2) is 13.5. The smallest absolute Gasteiger partial charge is 0.330 e. The Kier molecular flexibility index (Phi) is 10.4. The van der Waals surface area contributed by atoms with E-state index in [1.165, 1.54) is 38.5 Å². The van der Waals surface area contributed by atoms with Crippen LogP contribution in [0.1, 0.15) is 17.2 Å². The third-order valence-electron chi connectivity index (χ3n) is 5.91. The van der Waals surface area contributed by atoms with Crippen molar-refractivity contribution in [2.75, 3.05) is 27.4 Å². The van der Waals surface area contributed by atoms with Gasteiger partial charge in [-0.3, -0.25) is 0 Å². The van der Waals surface area contributed by atoms with E-state index in [1.807, 2.05) is 6.07 Å². The number of aromatic hydroxyl groups is 1. The van der Waals surface area contributed by atoms with Crippen molar-refractivity contribution in [3.8, 4) is 17.2 Å². The van der Waals surface area contributed by atoms with Gasteiger partial charge in [-0.05, 0) is 29.3 Å². The molecule has 0 unspecified atom stereocenters. The van der Waals surface area contributed by atoms with Crippen LogP contribution in [0.5, 0.6) is 17.2 Å². The average molecular weight is 537 g/mol. The van der Waals surface area contributed by atoms with Gasteiger partial charge in [0.2, 0.25) is 5.75 Å². The van der Waals surface area contributed by atoms with Gasteiger partial charge >= 0.3 is 5.97 Å². The zero-order valence-electron chi connectivity index (χ0n) is 20.8. The Morgan fingerprint density at radius 1 is 1.00 bits per heavy atom. The summed E-state index contributed by atoms with van der Waals surface area (Å²) in [5, 5.41) is 61.8. The van der Waals surface area contributed by atoms with E-state index in [1.54, 1.807) is 24.3 Å². The molecule has 6 N–H and O–H groups in total. The van der Waals surface area contributed by atoms with Crippen LogP contribution in [0.3, 0.4) is 0 Å². The normalized spacial score (nSPS) is 25.1. The minimum atomic E-state index is -1.70. The molecule has 2 aromatic rings. The first-order valence-electron chi connectivity index (χ1n) is 11.7. The summed E-state index contributed by atoms with van der Waals surface area (Å²) in [6.45, 7) is -1.02. The number of benzene rings is 2. The molecule has 0 aliphatic carbocycles. The van der Waals surface area contributed by atoms with Crippen LogP contribution in [-0.2, 0) is 19.0 Å². The topological polar surface area (TPSA) is 185 Å². The standard InChI is InChI=1S/C26H32O12/c1-34-17-10-15(11-18(35-2)22(17)30)21(29)16(27)12-37-26-25(33)24(32)23(31)19(38-26)13-36-20(28)9-8-14-6-4-3-5-7-14/h3-11,16,19,21,23-27,29-33H,12-13H2,1-2H3/b9-8+/t16-,19+,21-,23+,24-,25+,26+/m0/s1. The fourth-order valence-electron chi connectivity index (χ4n) is 3.72. The second-order valence-electron chi connectivity index (χ2n) is 8.51. The first-order valence-corrected chi connectivity index (χ1v) is 11.7. The van der Waals surface area contributed by atoms with Crippen molar-refractivity contribution in [3.63, 3.8) is 0 Å². The van der Waals surface area contributed by atoms with Gasteiger partial charge in [0.15, 0.2) is 17.8 Å². The van der Waals surface area contributed by atoms with E-state index in [9.17, 15) is 35.4 Å². The molecule has 7 atom stereocenters. The summed E-state index contributed by atoms with van der Waals surface area (Å²) in [7, 11) is 2.61. The van der Waals surface area contributed by atoms with Crippen molar-refractivity contribution in [1.82, 2.24) is 0 Å². The summed E-state index contributed by atoms with van der Waals surface area (Å²) in [5.74, 6) is -0.998. The van der Waals surface area contributed by atoms with Crippen molar-refractivity contribution in [2.45, 2.75) is 42.9 Å². The molecular formula is C26H32O12. The summed E-state index contributed by atoms with van der Waals surface area (Å²) >= 11 is 0. The molecule has 38 heavy (non-hydrogen) atoms. The second-order valence-corrected chi connectivity index (χ2v) is 8.51. The van der Waals surface area contributed by atoms with Crippen LogP contribution in [0.15, 0.2) is 48.5 Å². The maximum absolute atomic E-state index is 12.0. The number of carbonyl (C=O) groups is 1. The van der Waals surface area contributed by atoms with Crippen molar-refractivity contribution < 1.29 is 59.1 Å². The molecule has 1 saturated heterocycles. The predicted octanol–water partition coefficient (Wildman–Crippen LogP) is -0.116. The van der Waals surface area contributed by atoms with E-state index in [-0.39, 0.29) is 22.8 Å². The maximum atomic E-state index is 12.0. The Balaban J connectivity index is 1.58. The predicted molar refractivity (Wildman–Crippen MR) is 131 cm³/mol. The quantitative estimate of drug-likeness (QED) is 0.166. The third-order valence-corrected chi connectivity index (χ3v) is 5.91. The van der Waals surface area contributed by atoms with Crippen molar-refractivity contribution in [2.24, 2.45) is 0 Å². The fourth-order valence-corrected chi connectivity index (χ4v) is 3.72. The zero-order chi connectivity index (χ0) is 27.8. The van der Waals surface area contributed by atoms with Gasteiger partial charge < -0.3 is 54.3 Å². The summed E-state index contributed by atoms with van der Waals surface area (Å²) in [5.41, 5.74) is 0.914. The van der Waals surface area contributed by atoms with E-state index >= 15 is 0 Å². The highest BCUT2D eigenvalue weighted by atomic mass is 16.7. The lowest BCUT2D eigenvalue weighted by molar-refractivity contribution is -0.306. The Labute approximate surface area is 218 Å². The van der Waals surface area contributed by atoms with Crippen molar-refractivity contribution in [3.05, 3.63) is 59.7 Å². The molecule has 2 aromatic carbocycles. The number of phenols is 1. The molecule has 1 aliphatic rings. The van der Waals surface area contributed by atoms with E-state index in [0.29, 0.717) is 0 Å². The Morgan fingerprint density at radius 3 is 2.24 bits per heavy atom. The number of hydrogen-bond donors (Lipinski definition) is 6.